The lowest BCUT2D eigenvalue weighted by molar-refractivity contribution is 1.16. The zero-order valence-electron chi connectivity index (χ0n) is 8.57. The summed E-state index contributed by atoms with van der Waals surface area (Å²) in [7, 11) is 0. The van der Waals surface area contributed by atoms with Crippen molar-refractivity contribution < 1.29 is 0 Å². The van der Waals surface area contributed by atoms with Crippen LogP contribution in [0.25, 0.3) is 0 Å². The van der Waals surface area contributed by atoms with Gasteiger partial charge in [0.15, 0.2) is 0 Å². The van der Waals surface area contributed by atoms with Crippen molar-refractivity contribution in [2.75, 3.05) is 0 Å². The average molecular weight is 162 g/mol. The molecule has 0 amide bonds. The van der Waals surface area contributed by atoms with Crippen LogP contribution in [0.3, 0.4) is 0 Å². The smallest absolute Gasteiger partial charge is 0.00614 e. The van der Waals surface area contributed by atoms with Gasteiger partial charge in [0.05, 0.1) is 0 Å². The van der Waals surface area contributed by atoms with E-state index in [4.69, 9.17) is 0 Å². The standard InChI is InChI=1S/C12H18/c1-5-6-7-12-8-9(2)10(3)11(12)4/h6-7H,5,8H2,1-4H3/b7-6-. The number of rotatable bonds is 2. The van der Waals surface area contributed by atoms with E-state index in [0.717, 1.165) is 12.8 Å². The van der Waals surface area contributed by atoms with Crippen LogP contribution in [0.15, 0.2) is 34.4 Å². The lowest BCUT2D eigenvalue weighted by atomic mass is 10.1. The summed E-state index contributed by atoms with van der Waals surface area (Å²) in [6.07, 6.45) is 6.81. The third-order valence-electron chi connectivity index (χ3n) is 2.69. The van der Waals surface area contributed by atoms with Crippen LogP contribution in [-0.2, 0) is 0 Å². The van der Waals surface area contributed by atoms with E-state index < -0.39 is 0 Å². The minimum atomic E-state index is 1.13. The van der Waals surface area contributed by atoms with Crippen molar-refractivity contribution in [2.24, 2.45) is 0 Å². The van der Waals surface area contributed by atoms with Crippen LogP contribution in [0, 0.1) is 0 Å². The minimum absolute atomic E-state index is 1.13. The lowest BCUT2D eigenvalue weighted by Crippen LogP contribution is -1.76. The van der Waals surface area contributed by atoms with Crippen molar-refractivity contribution in [1.29, 1.82) is 0 Å². The fourth-order valence-electron chi connectivity index (χ4n) is 1.56. The molecular formula is C12H18. The van der Waals surface area contributed by atoms with Crippen molar-refractivity contribution in [3.8, 4) is 0 Å². The summed E-state index contributed by atoms with van der Waals surface area (Å²) in [6.45, 7) is 8.85. The predicted molar refractivity (Wildman–Crippen MR) is 55.1 cm³/mol. The summed E-state index contributed by atoms with van der Waals surface area (Å²) in [5.74, 6) is 0. The molecule has 0 radical (unpaired) electrons. The Morgan fingerprint density at radius 3 is 2.25 bits per heavy atom. The van der Waals surface area contributed by atoms with Crippen LogP contribution >= 0.6 is 0 Å². The third-order valence-corrected chi connectivity index (χ3v) is 2.69. The monoisotopic (exact) mass is 162 g/mol. The van der Waals surface area contributed by atoms with Crippen LogP contribution in [0.1, 0.15) is 40.5 Å². The van der Waals surface area contributed by atoms with Gasteiger partial charge in [-0.2, -0.15) is 0 Å². The predicted octanol–water partition coefficient (Wildman–Crippen LogP) is 4.01. The molecule has 12 heavy (non-hydrogen) atoms. The van der Waals surface area contributed by atoms with Crippen molar-refractivity contribution in [3.05, 3.63) is 34.4 Å². The highest BCUT2D eigenvalue weighted by molar-refractivity contribution is 5.48. The zero-order chi connectivity index (χ0) is 9.14. The van der Waals surface area contributed by atoms with Gasteiger partial charge in [-0.15, -0.1) is 0 Å². The van der Waals surface area contributed by atoms with Gasteiger partial charge >= 0.3 is 0 Å². The van der Waals surface area contributed by atoms with Crippen molar-refractivity contribution in [2.45, 2.75) is 40.5 Å². The van der Waals surface area contributed by atoms with Gasteiger partial charge in [0.25, 0.3) is 0 Å². The molecule has 0 aromatic carbocycles. The molecule has 0 heteroatoms. The Bertz CT molecular complexity index is 262. The molecule has 1 aliphatic carbocycles. The maximum absolute atomic E-state index is 2.27. The Hall–Kier alpha value is -0.780. The molecule has 0 heterocycles. The first-order valence-electron chi connectivity index (χ1n) is 4.69. The molecule has 0 saturated carbocycles. The van der Waals surface area contributed by atoms with Gasteiger partial charge in [-0.1, -0.05) is 24.6 Å². The second-order valence-electron chi connectivity index (χ2n) is 3.54. The summed E-state index contributed by atoms with van der Waals surface area (Å²) < 4.78 is 0. The van der Waals surface area contributed by atoms with Gasteiger partial charge in [0.2, 0.25) is 0 Å². The zero-order valence-corrected chi connectivity index (χ0v) is 8.57. The van der Waals surface area contributed by atoms with Crippen molar-refractivity contribution in [1.82, 2.24) is 0 Å². The van der Waals surface area contributed by atoms with E-state index in [2.05, 4.69) is 39.8 Å². The Labute approximate surface area is 75.7 Å². The van der Waals surface area contributed by atoms with E-state index in [1.807, 2.05) is 0 Å². The molecule has 0 spiro atoms. The Morgan fingerprint density at radius 2 is 1.83 bits per heavy atom. The molecule has 0 unspecified atom stereocenters. The fourth-order valence-corrected chi connectivity index (χ4v) is 1.56. The topological polar surface area (TPSA) is 0 Å². The second-order valence-corrected chi connectivity index (χ2v) is 3.54. The molecule has 0 nitrogen and oxygen atoms in total. The molecule has 0 saturated heterocycles. The highest BCUT2D eigenvalue weighted by Gasteiger charge is 2.12. The highest BCUT2D eigenvalue weighted by atomic mass is 14.2. The fraction of sp³-hybridized carbons (Fsp3) is 0.500. The molecular weight excluding hydrogens is 144 g/mol. The lowest BCUT2D eigenvalue weighted by Gasteiger charge is -1.96. The number of hydrogen-bond donors (Lipinski definition) is 0. The SMILES string of the molecule is CC/C=C\C1=C(C)C(C)=C(C)C1. The Balaban J connectivity index is 2.80. The molecule has 0 aromatic rings. The minimum Gasteiger partial charge on any atom is -0.0845 e. The van der Waals surface area contributed by atoms with Crippen LogP contribution < -0.4 is 0 Å². The van der Waals surface area contributed by atoms with Crippen LogP contribution in [0.4, 0.5) is 0 Å². The van der Waals surface area contributed by atoms with Crippen molar-refractivity contribution in [3.63, 3.8) is 0 Å². The van der Waals surface area contributed by atoms with Gasteiger partial charge in [0, 0.05) is 0 Å². The summed E-state index contributed by atoms with van der Waals surface area (Å²) in [5.41, 5.74) is 6.01. The van der Waals surface area contributed by atoms with E-state index in [0.29, 0.717) is 0 Å². The first-order valence-corrected chi connectivity index (χ1v) is 4.69. The van der Waals surface area contributed by atoms with E-state index in [-0.39, 0.29) is 0 Å². The first kappa shape index (κ1) is 9.31. The van der Waals surface area contributed by atoms with Crippen LogP contribution in [0.2, 0.25) is 0 Å². The van der Waals surface area contributed by atoms with Crippen LogP contribution in [-0.4, -0.2) is 0 Å². The van der Waals surface area contributed by atoms with Gasteiger partial charge < -0.3 is 0 Å². The molecule has 0 N–H and O–H groups in total. The molecule has 1 aliphatic rings. The van der Waals surface area contributed by atoms with E-state index in [9.17, 15) is 0 Å². The Morgan fingerprint density at radius 1 is 1.17 bits per heavy atom. The summed E-state index contributed by atoms with van der Waals surface area (Å²) in [5, 5.41) is 0. The maximum Gasteiger partial charge on any atom is -0.00614 e. The molecule has 0 aromatic heterocycles. The van der Waals surface area contributed by atoms with E-state index in [1.165, 1.54) is 22.3 Å². The summed E-state index contributed by atoms with van der Waals surface area (Å²) in [6, 6.07) is 0. The number of allylic oxidation sites excluding steroid dienone is 6. The number of hydrogen-bond acceptors (Lipinski definition) is 0. The molecule has 1 rings (SSSR count). The normalized spacial score (nSPS) is 18.7. The molecule has 66 valence electrons. The maximum atomic E-state index is 2.27. The van der Waals surface area contributed by atoms with Crippen molar-refractivity contribution >= 4 is 0 Å². The first-order chi connectivity index (χ1) is 5.66. The Kier molecular flexibility index (Phi) is 2.91. The molecule has 0 fully saturated rings. The molecule has 0 bridgehead atoms. The summed E-state index contributed by atoms with van der Waals surface area (Å²) in [4.78, 5) is 0. The van der Waals surface area contributed by atoms with E-state index in [1.54, 1.807) is 0 Å². The quantitative estimate of drug-likeness (QED) is 0.575. The van der Waals surface area contributed by atoms with Crippen LogP contribution in [0.5, 0.6) is 0 Å². The molecule has 0 aliphatic heterocycles. The van der Waals surface area contributed by atoms with E-state index >= 15 is 0 Å². The summed E-state index contributed by atoms with van der Waals surface area (Å²) >= 11 is 0. The molecule has 0 atom stereocenters. The average Bonchev–Trinajstić information content (AvgIpc) is 2.30. The second kappa shape index (κ2) is 3.75. The van der Waals surface area contributed by atoms with Gasteiger partial charge in [0.1, 0.15) is 0 Å². The third kappa shape index (κ3) is 1.69. The highest BCUT2D eigenvalue weighted by Crippen LogP contribution is 2.31. The largest absolute Gasteiger partial charge is 0.0845 e. The van der Waals surface area contributed by atoms with Gasteiger partial charge in [-0.25, -0.2) is 0 Å². The van der Waals surface area contributed by atoms with Gasteiger partial charge in [-0.05, 0) is 50.3 Å². The van der Waals surface area contributed by atoms with Gasteiger partial charge in [-0.3, -0.25) is 0 Å².